The minimum atomic E-state index is -0.475. The van der Waals surface area contributed by atoms with Crippen LogP contribution in [0.15, 0.2) is 6.07 Å². The number of aryl methyl sites for hydroxylation is 2. The van der Waals surface area contributed by atoms with Gasteiger partial charge in [0.25, 0.3) is 0 Å². The number of amides is 2. The highest BCUT2D eigenvalue weighted by molar-refractivity contribution is 7.12. The van der Waals surface area contributed by atoms with Crippen molar-refractivity contribution < 1.29 is 4.79 Å². The van der Waals surface area contributed by atoms with E-state index in [0.29, 0.717) is 12.6 Å². The number of nitrogens with one attached hydrogen (secondary N) is 2. The van der Waals surface area contributed by atoms with Gasteiger partial charge >= 0.3 is 6.03 Å². The van der Waals surface area contributed by atoms with E-state index < -0.39 is 6.03 Å². The highest BCUT2D eigenvalue weighted by atomic mass is 32.1. The third-order valence-electron chi connectivity index (χ3n) is 2.42. The maximum atomic E-state index is 10.5. The van der Waals surface area contributed by atoms with Gasteiger partial charge < -0.3 is 16.4 Å². The van der Waals surface area contributed by atoms with Gasteiger partial charge in [0, 0.05) is 28.9 Å². The first-order valence-electron chi connectivity index (χ1n) is 5.34. The van der Waals surface area contributed by atoms with Gasteiger partial charge in [0.1, 0.15) is 0 Å². The number of hydrogen-bond acceptors (Lipinski definition) is 3. The number of hydrogen-bond donors (Lipinski definition) is 3. The molecule has 0 saturated carbocycles. The molecule has 1 aromatic rings. The summed E-state index contributed by atoms with van der Waals surface area (Å²) in [6.07, 6.45) is 0. The molecule has 0 saturated heterocycles. The number of carbonyl (C=O) groups excluding carboxylic acids is 1. The van der Waals surface area contributed by atoms with Gasteiger partial charge in [-0.25, -0.2) is 4.79 Å². The molecule has 1 rings (SSSR count). The number of nitrogens with two attached hydrogens (primary N) is 1. The molecule has 4 N–H and O–H groups in total. The number of urea groups is 1. The summed E-state index contributed by atoms with van der Waals surface area (Å²) in [5.74, 6) is 0. The van der Waals surface area contributed by atoms with Gasteiger partial charge in [0.2, 0.25) is 0 Å². The molecule has 0 bridgehead atoms. The molecule has 5 heteroatoms. The average molecular weight is 241 g/mol. The molecule has 0 fully saturated rings. The lowest BCUT2D eigenvalue weighted by Crippen LogP contribution is -2.36. The van der Waals surface area contributed by atoms with Crippen molar-refractivity contribution in [2.45, 2.75) is 26.8 Å². The van der Waals surface area contributed by atoms with E-state index in [2.05, 4.69) is 37.5 Å². The van der Waals surface area contributed by atoms with Crippen molar-refractivity contribution >= 4 is 17.4 Å². The minimum Gasteiger partial charge on any atom is -0.352 e. The maximum Gasteiger partial charge on any atom is 0.312 e. The molecule has 0 spiro atoms. The fourth-order valence-corrected chi connectivity index (χ4v) is 2.69. The topological polar surface area (TPSA) is 67.2 Å². The van der Waals surface area contributed by atoms with Gasteiger partial charge in [0.15, 0.2) is 0 Å². The fourth-order valence-electron chi connectivity index (χ4n) is 1.66. The van der Waals surface area contributed by atoms with Gasteiger partial charge in [-0.3, -0.25) is 0 Å². The van der Waals surface area contributed by atoms with E-state index in [1.54, 1.807) is 0 Å². The van der Waals surface area contributed by atoms with Crippen molar-refractivity contribution in [1.82, 2.24) is 10.6 Å². The van der Waals surface area contributed by atoms with Crippen molar-refractivity contribution in [3.63, 3.8) is 0 Å². The van der Waals surface area contributed by atoms with Crippen molar-refractivity contribution in [2.75, 3.05) is 13.1 Å². The minimum absolute atomic E-state index is 0.305. The summed E-state index contributed by atoms with van der Waals surface area (Å²) in [5.41, 5.74) is 6.31. The highest BCUT2D eigenvalue weighted by Crippen LogP contribution is 2.25. The van der Waals surface area contributed by atoms with E-state index >= 15 is 0 Å². The van der Waals surface area contributed by atoms with Crippen LogP contribution in [0.3, 0.4) is 0 Å². The summed E-state index contributed by atoms with van der Waals surface area (Å²) in [7, 11) is 0. The Morgan fingerprint density at radius 3 is 2.69 bits per heavy atom. The Balaban J connectivity index is 2.38. The molecule has 0 aliphatic carbocycles. The number of carbonyl (C=O) groups is 1. The van der Waals surface area contributed by atoms with E-state index in [1.165, 1.54) is 15.3 Å². The van der Waals surface area contributed by atoms with E-state index in [4.69, 9.17) is 5.73 Å². The van der Waals surface area contributed by atoms with Crippen LogP contribution in [0.2, 0.25) is 0 Å². The first kappa shape index (κ1) is 13.0. The largest absolute Gasteiger partial charge is 0.352 e. The SMILES string of the molecule is Cc1cc(C(C)NCCNC(N)=O)c(C)s1. The quantitative estimate of drug-likeness (QED) is 0.687. The van der Waals surface area contributed by atoms with Crippen LogP contribution in [0.25, 0.3) is 0 Å². The first-order valence-corrected chi connectivity index (χ1v) is 6.16. The second-order valence-corrected chi connectivity index (χ2v) is 5.30. The van der Waals surface area contributed by atoms with Gasteiger partial charge in [-0.05, 0) is 32.4 Å². The Labute approximate surface area is 100 Å². The summed E-state index contributed by atoms with van der Waals surface area (Å²) < 4.78 is 0. The highest BCUT2D eigenvalue weighted by Gasteiger charge is 2.10. The molecule has 0 aliphatic rings. The summed E-state index contributed by atoms with van der Waals surface area (Å²) in [6.45, 7) is 7.65. The lowest BCUT2D eigenvalue weighted by Gasteiger charge is -2.13. The van der Waals surface area contributed by atoms with Crippen LogP contribution in [-0.4, -0.2) is 19.1 Å². The Morgan fingerprint density at radius 1 is 1.50 bits per heavy atom. The molecule has 1 aromatic heterocycles. The molecule has 16 heavy (non-hydrogen) atoms. The number of thiophene rings is 1. The second kappa shape index (κ2) is 5.86. The van der Waals surface area contributed by atoms with Crippen LogP contribution in [0.1, 0.15) is 28.3 Å². The Bertz CT molecular complexity index is 362. The predicted molar refractivity (Wildman–Crippen MR) is 67.8 cm³/mol. The lowest BCUT2D eigenvalue weighted by molar-refractivity contribution is 0.249. The molecule has 0 radical (unpaired) electrons. The van der Waals surface area contributed by atoms with E-state index in [-0.39, 0.29) is 0 Å². The molecule has 1 atom stereocenters. The van der Waals surface area contributed by atoms with Crippen molar-refractivity contribution in [3.05, 3.63) is 21.4 Å². The van der Waals surface area contributed by atoms with Crippen molar-refractivity contribution in [3.8, 4) is 0 Å². The standard InChI is InChI=1S/C11H19N3OS/c1-7-6-10(9(3)16-7)8(2)13-4-5-14-11(12)15/h6,8,13H,4-5H2,1-3H3,(H3,12,14,15). The normalized spacial score (nSPS) is 12.4. The third kappa shape index (κ3) is 3.83. The molecule has 90 valence electrons. The van der Waals surface area contributed by atoms with Crippen molar-refractivity contribution in [2.24, 2.45) is 5.73 Å². The number of primary amides is 1. The molecule has 1 unspecified atom stereocenters. The molecule has 0 aliphatic heterocycles. The fraction of sp³-hybridized carbons (Fsp3) is 0.545. The lowest BCUT2D eigenvalue weighted by atomic mass is 10.1. The molecule has 1 heterocycles. The molecule has 0 aromatic carbocycles. The van der Waals surface area contributed by atoms with Gasteiger partial charge in [-0.1, -0.05) is 0 Å². The Kier molecular flexibility index (Phi) is 4.76. The Hall–Kier alpha value is -1.07. The monoisotopic (exact) mass is 241 g/mol. The summed E-state index contributed by atoms with van der Waals surface area (Å²) >= 11 is 1.81. The molecular weight excluding hydrogens is 222 g/mol. The number of rotatable bonds is 5. The van der Waals surface area contributed by atoms with E-state index in [1.807, 2.05) is 11.3 Å². The smallest absolute Gasteiger partial charge is 0.312 e. The van der Waals surface area contributed by atoms with Crippen LogP contribution in [0.4, 0.5) is 4.79 Å². The Morgan fingerprint density at radius 2 is 2.19 bits per heavy atom. The van der Waals surface area contributed by atoms with Gasteiger partial charge in [-0.2, -0.15) is 0 Å². The van der Waals surface area contributed by atoms with Crippen molar-refractivity contribution in [1.29, 1.82) is 0 Å². The zero-order chi connectivity index (χ0) is 12.1. The van der Waals surface area contributed by atoms with E-state index in [9.17, 15) is 4.79 Å². The maximum absolute atomic E-state index is 10.5. The van der Waals surface area contributed by atoms with Crippen LogP contribution in [0, 0.1) is 13.8 Å². The van der Waals surface area contributed by atoms with Gasteiger partial charge in [-0.15, -0.1) is 11.3 Å². The average Bonchev–Trinajstić information content (AvgIpc) is 2.52. The summed E-state index contributed by atoms with van der Waals surface area (Å²) in [5, 5.41) is 5.90. The first-order chi connectivity index (χ1) is 7.50. The van der Waals surface area contributed by atoms with Crippen LogP contribution in [0.5, 0.6) is 0 Å². The zero-order valence-corrected chi connectivity index (χ0v) is 10.8. The van der Waals surface area contributed by atoms with Crippen LogP contribution in [-0.2, 0) is 0 Å². The van der Waals surface area contributed by atoms with Crippen LogP contribution >= 0.6 is 11.3 Å². The zero-order valence-electron chi connectivity index (χ0n) is 9.96. The molecule has 4 nitrogen and oxygen atoms in total. The third-order valence-corrected chi connectivity index (χ3v) is 3.40. The summed E-state index contributed by atoms with van der Waals surface area (Å²) in [4.78, 5) is 13.1. The van der Waals surface area contributed by atoms with E-state index in [0.717, 1.165) is 6.54 Å². The molecular formula is C11H19N3OS. The second-order valence-electron chi connectivity index (χ2n) is 3.84. The summed E-state index contributed by atoms with van der Waals surface area (Å²) in [6, 6.07) is 2.04. The molecule has 2 amide bonds. The van der Waals surface area contributed by atoms with Gasteiger partial charge in [0.05, 0.1) is 0 Å². The predicted octanol–water partition coefficient (Wildman–Crippen LogP) is 1.68. The van der Waals surface area contributed by atoms with Crippen LogP contribution < -0.4 is 16.4 Å².